The first-order valence-electron chi connectivity index (χ1n) is 7.42. The fraction of sp³-hybridized carbons (Fsp3) is 0.625. The largest absolute Gasteiger partial charge is 0.348 e. The van der Waals surface area contributed by atoms with E-state index in [2.05, 4.69) is 10.3 Å². The average molecular weight is 258 g/mol. The first-order chi connectivity index (χ1) is 9.22. The van der Waals surface area contributed by atoms with Crippen molar-refractivity contribution >= 4 is 5.91 Å². The number of fused-ring (bicyclic) bond motifs is 2. The minimum Gasteiger partial charge on any atom is -0.348 e. The van der Waals surface area contributed by atoms with Gasteiger partial charge in [0.1, 0.15) is 0 Å². The van der Waals surface area contributed by atoms with Gasteiger partial charge in [-0.2, -0.15) is 0 Å². The summed E-state index contributed by atoms with van der Waals surface area (Å²) in [7, 11) is 0. The average Bonchev–Trinajstić information content (AvgIpc) is 3.02. The molecule has 3 heteroatoms. The third-order valence-corrected chi connectivity index (χ3v) is 4.84. The Morgan fingerprint density at radius 2 is 2.32 bits per heavy atom. The molecule has 1 amide bonds. The maximum Gasteiger partial charge on any atom is 0.220 e. The summed E-state index contributed by atoms with van der Waals surface area (Å²) < 4.78 is 0. The Balaban J connectivity index is 1.51. The predicted molar refractivity (Wildman–Crippen MR) is 74.3 cm³/mol. The molecule has 2 aliphatic carbocycles. The van der Waals surface area contributed by atoms with Crippen LogP contribution in [0.15, 0.2) is 24.4 Å². The monoisotopic (exact) mass is 258 g/mol. The Labute approximate surface area is 114 Å². The summed E-state index contributed by atoms with van der Waals surface area (Å²) in [6.07, 6.45) is 7.86. The highest BCUT2D eigenvalue weighted by Crippen LogP contribution is 2.49. The lowest BCUT2D eigenvalue weighted by Crippen LogP contribution is -2.30. The normalized spacial score (nSPS) is 30.3. The van der Waals surface area contributed by atoms with Crippen molar-refractivity contribution in [2.75, 3.05) is 0 Å². The van der Waals surface area contributed by atoms with E-state index in [9.17, 15) is 4.79 Å². The summed E-state index contributed by atoms with van der Waals surface area (Å²) in [5.74, 6) is 2.56. The Kier molecular flexibility index (Phi) is 3.54. The predicted octanol–water partition coefficient (Wildman–Crippen LogP) is 3.09. The number of nitrogens with one attached hydrogen (secondary N) is 1. The van der Waals surface area contributed by atoms with Gasteiger partial charge in [0.25, 0.3) is 0 Å². The fourth-order valence-electron chi connectivity index (χ4n) is 3.87. The number of hydrogen-bond donors (Lipinski definition) is 1. The van der Waals surface area contributed by atoms with Gasteiger partial charge in [0.2, 0.25) is 5.91 Å². The molecule has 2 fully saturated rings. The van der Waals surface area contributed by atoms with E-state index in [1.54, 1.807) is 6.20 Å². The van der Waals surface area contributed by atoms with E-state index < -0.39 is 0 Å². The highest BCUT2D eigenvalue weighted by Gasteiger charge is 2.40. The number of carbonyl (C=O) groups is 1. The van der Waals surface area contributed by atoms with Gasteiger partial charge >= 0.3 is 0 Å². The minimum atomic E-state index is 0.00675. The first kappa shape index (κ1) is 12.6. The Bertz CT molecular complexity index is 445. The Morgan fingerprint density at radius 3 is 2.95 bits per heavy atom. The molecule has 102 valence electrons. The summed E-state index contributed by atoms with van der Waals surface area (Å²) in [6, 6.07) is 5.82. The van der Waals surface area contributed by atoms with Gasteiger partial charge in [0.05, 0.1) is 11.7 Å². The van der Waals surface area contributed by atoms with Crippen molar-refractivity contribution in [3.63, 3.8) is 0 Å². The van der Waals surface area contributed by atoms with E-state index in [1.165, 1.54) is 25.7 Å². The van der Waals surface area contributed by atoms with E-state index in [0.717, 1.165) is 17.5 Å². The number of aromatic nitrogens is 1. The third kappa shape index (κ3) is 2.80. The van der Waals surface area contributed by atoms with Gasteiger partial charge in [-0.3, -0.25) is 9.78 Å². The summed E-state index contributed by atoms with van der Waals surface area (Å²) in [5, 5.41) is 3.08. The molecule has 1 heterocycles. The van der Waals surface area contributed by atoms with E-state index in [0.29, 0.717) is 12.3 Å². The SMILES string of the molecule is C[C@@H](NC(=O)C[C@H]1C[C@H]2CC[C@H]1C2)c1ccccn1. The molecule has 0 radical (unpaired) electrons. The first-order valence-corrected chi connectivity index (χ1v) is 7.42. The van der Waals surface area contributed by atoms with Crippen LogP contribution in [-0.4, -0.2) is 10.9 Å². The summed E-state index contributed by atoms with van der Waals surface area (Å²) >= 11 is 0. The molecule has 2 saturated carbocycles. The Morgan fingerprint density at radius 1 is 1.42 bits per heavy atom. The van der Waals surface area contributed by atoms with E-state index >= 15 is 0 Å². The minimum absolute atomic E-state index is 0.00675. The molecule has 0 aliphatic heterocycles. The number of pyridine rings is 1. The number of rotatable bonds is 4. The van der Waals surface area contributed by atoms with Crippen molar-refractivity contribution in [3.05, 3.63) is 30.1 Å². The van der Waals surface area contributed by atoms with Crippen LogP contribution in [0, 0.1) is 17.8 Å². The van der Waals surface area contributed by atoms with Crippen LogP contribution < -0.4 is 5.32 Å². The lowest BCUT2D eigenvalue weighted by molar-refractivity contribution is -0.123. The number of hydrogen-bond acceptors (Lipinski definition) is 2. The molecular weight excluding hydrogens is 236 g/mol. The van der Waals surface area contributed by atoms with Gasteiger partial charge in [-0.15, -0.1) is 0 Å². The zero-order chi connectivity index (χ0) is 13.2. The van der Waals surface area contributed by atoms with Crippen LogP contribution in [0.5, 0.6) is 0 Å². The molecule has 0 unspecified atom stereocenters. The zero-order valence-electron chi connectivity index (χ0n) is 11.5. The van der Waals surface area contributed by atoms with Gasteiger partial charge in [0.15, 0.2) is 0 Å². The van der Waals surface area contributed by atoms with Crippen molar-refractivity contribution in [1.29, 1.82) is 0 Å². The van der Waals surface area contributed by atoms with Crippen LogP contribution in [0.1, 0.15) is 50.8 Å². The van der Waals surface area contributed by atoms with Gasteiger partial charge < -0.3 is 5.32 Å². The van der Waals surface area contributed by atoms with Crippen molar-refractivity contribution in [2.45, 2.75) is 45.1 Å². The van der Waals surface area contributed by atoms with Gasteiger partial charge in [-0.25, -0.2) is 0 Å². The molecular formula is C16H22N2O. The lowest BCUT2D eigenvalue weighted by Gasteiger charge is -2.22. The van der Waals surface area contributed by atoms with Crippen molar-refractivity contribution in [3.8, 4) is 0 Å². The quantitative estimate of drug-likeness (QED) is 0.901. The maximum absolute atomic E-state index is 12.1. The number of amides is 1. The summed E-state index contributed by atoms with van der Waals surface area (Å²) in [5.41, 5.74) is 0.934. The van der Waals surface area contributed by atoms with E-state index in [4.69, 9.17) is 0 Å². The molecule has 0 aromatic carbocycles. The van der Waals surface area contributed by atoms with Crippen LogP contribution in [0.2, 0.25) is 0 Å². The van der Waals surface area contributed by atoms with Crippen LogP contribution >= 0.6 is 0 Å². The van der Waals surface area contributed by atoms with Crippen molar-refractivity contribution in [2.24, 2.45) is 17.8 Å². The second-order valence-electron chi connectivity index (χ2n) is 6.18. The molecule has 2 aliphatic rings. The number of nitrogens with zero attached hydrogens (tertiary/aromatic N) is 1. The van der Waals surface area contributed by atoms with Crippen molar-refractivity contribution < 1.29 is 4.79 Å². The Hall–Kier alpha value is -1.38. The second-order valence-corrected chi connectivity index (χ2v) is 6.18. The van der Waals surface area contributed by atoms with Gasteiger partial charge in [-0.1, -0.05) is 12.5 Å². The van der Waals surface area contributed by atoms with Crippen LogP contribution in [0.25, 0.3) is 0 Å². The maximum atomic E-state index is 12.1. The highest BCUT2D eigenvalue weighted by atomic mass is 16.1. The second kappa shape index (κ2) is 5.32. The molecule has 0 spiro atoms. The topological polar surface area (TPSA) is 42.0 Å². The molecule has 19 heavy (non-hydrogen) atoms. The zero-order valence-corrected chi connectivity index (χ0v) is 11.5. The standard InChI is InChI=1S/C16H22N2O/c1-11(15-4-2-3-7-17-15)18-16(19)10-14-9-12-5-6-13(14)8-12/h2-4,7,11-14H,5-6,8-10H2,1H3,(H,18,19)/t11-,12+,13+,14-/m1/s1. The third-order valence-electron chi connectivity index (χ3n) is 4.84. The smallest absolute Gasteiger partial charge is 0.220 e. The van der Waals surface area contributed by atoms with E-state index in [1.807, 2.05) is 25.1 Å². The summed E-state index contributed by atoms with van der Waals surface area (Å²) in [6.45, 7) is 2.00. The molecule has 4 atom stereocenters. The molecule has 1 aromatic heterocycles. The van der Waals surface area contributed by atoms with Crippen molar-refractivity contribution in [1.82, 2.24) is 10.3 Å². The summed E-state index contributed by atoms with van der Waals surface area (Å²) in [4.78, 5) is 16.4. The highest BCUT2D eigenvalue weighted by molar-refractivity contribution is 5.76. The molecule has 1 aromatic rings. The number of carbonyl (C=O) groups excluding carboxylic acids is 1. The lowest BCUT2D eigenvalue weighted by atomic mass is 9.86. The molecule has 2 bridgehead atoms. The molecule has 3 rings (SSSR count). The molecule has 0 saturated heterocycles. The van der Waals surface area contributed by atoms with E-state index in [-0.39, 0.29) is 11.9 Å². The molecule has 1 N–H and O–H groups in total. The van der Waals surface area contributed by atoms with Gasteiger partial charge in [0, 0.05) is 12.6 Å². The van der Waals surface area contributed by atoms with Gasteiger partial charge in [-0.05, 0) is 56.1 Å². The van der Waals surface area contributed by atoms with Crippen LogP contribution in [-0.2, 0) is 4.79 Å². The molecule has 3 nitrogen and oxygen atoms in total. The van der Waals surface area contributed by atoms with Crippen LogP contribution in [0.4, 0.5) is 0 Å². The van der Waals surface area contributed by atoms with Crippen LogP contribution in [0.3, 0.4) is 0 Å². The fourth-order valence-corrected chi connectivity index (χ4v) is 3.87.